The number of methoxy groups -OCH3 is 2. The molecule has 4 rings (SSSR count). The van der Waals surface area contributed by atoms with E-state index >= 15 is 0 Å². The van der Waals surface area contributed by atoms with E-state index in [2.05, 4.69) is 10.3 Å². The highest BCUT2D eigenvalue weighted by Gasteiger charge is 2.38. The first kappa shape index (κ1) is 29.8. The van der Waals surface area contributed by atoms with Crippen LogP contribution in [-0.2, 0) is 30.3 Å². The molecule has 0 radical (unpaired) electrons. The number of benzene rings is 3. The van der Waals surface area contributed by atoms with Crippen LogP contribution in [0, 0.1) is 0 Å². The van der Waals surface area contributed by atoms with E-state index < -0.39 is 41.6 Å². The number of amides is 1. The summed E-state index contributed by atoms with van der Waals surface area (Å²) < 4.78 is 95.1. The van der Waals surface area contributed by atoms with E-state index in [1.165, 1.54) is 19.2 Å². The predicted molar refractivity (Wildman–Crippen MR) is 142 cm³/mol. The molecule has 0 fully saturated rings. The Balaban J connectivity index is 1.44. The summed E-state index contributed by atoms with van der Waals surface area (Å²) in [6, 6.07) is 13.2. The van der Waals surface area contributed by atoms with Gasteiger partial charge >= 0.3 is 12.4 Å². The van der Waals surface area contributed by atoms with Crippen LogP contribution < -0.4 is 19.5 Å². The smallest absolute Gasteiger partial charge is 0.416 e. The van der Waals surface area contributed by atoms with Crippen LogP contribution in [-0.4, -0.2) is 25.3 Å². The first-order chi connectivity index (χ1) is 19.4. The van der Waals surface area contributed by atoms with Gasteiger partial charge in [-0.05, 0) is 65.4 Å². The number of ether oxygens (including phenoxy) is 3. The number of nitrogens with one attached hydrogen (secondary N) is 1. The van der Waals surface area contributed by atoms with Crippen molar-refractivity contribution in [3.05, 3.63) is 93.4 Å². The Hall–Kier alpha value is -4.13. The fourth-order valence-corrected chi connectivity index (χ4v) is 4.56. The van der Waals surface area contributed by atoms with E-state index in [9.17, 15) is 31.1 Å². The summed E-state index contributed by atoms with van der Waals surface area (Å²) in [5.74, 6) is 0.480. The maximum atomic E-state index is 13.5. The molecule has 0 unspecified atom stereocenters. The molecule has 3 aromatic rings. The van der Waals surface area contributed by atoms with Crippen molar-refractivity contribution in [2.45, 2.75) is 25.5 Å². The van der Waals surface area contributed by atoms with E-state index in [-0.39, 0.29) is 17.6 Å². The zero-order valence-corrected chi connectivity index (χ0v) is 22.3. The lowest BCUT2D eigenvalue weighted by atomic mass is 10.0. The highest BCUT2D eigenvalue weighted by Crippen LogP contribution is 2.38. The number of carbonyl (C=O) groups is 1. The highest BCUT2D eigenvalue weighted by molar-refractivity contribution is 8.18. The number of aliphatic imine (C=N–C) groups is 1. The second-order valence-corrected chi connectivity index (χ2v) is 9.63. The molecule has 1 N–H and O–H groups in total. The van der Waals surface area contributed by atoms with Crippen LogP contribution in [0.3, 0.4) is 0 Å². The normalized spacial score (nSPS) is 14.7. The summed E-state index contributed by atoms with van der Waals surface area (Å²) in [4.78, 5) is 16.7. The zero-order valence-electron chi connectivity index (χ0n) is 21.5. The monoisotopic (exact) mass is 596 g/mol. The summed E-state index contributed by atoms with van der Waals surface area (Å²) in [7, 11) is 2.89. The van der Waals surface area contributed by atoms with Crippen molar-refractivity contribution in [2.24, 2.45) is 4.99 Å². The molecule has 3 aromatic carbocycles. The molecule has 0 saturated carbocycles. The first-order valence-electron chi connectivity index (χ1n) is 11.8. The molecule has 13 heteroatoms. The Morgan fingerprint density at radius 1 is 0.878 bits per heavy atom. The van der Waals surface area contributed by atoms with Gasteiger partial charge in [-0.2, -0.15) is 31.3 Å². The molecule has 6 nitrogen and oxygen atoms in total. The number of amidine groups is 1. The molecular weight excluding hydrogens is 574 g/mol. The number of thioether (sulfide) groups is 1. The molecule has 1 heterocycles. The Kier molecular flexibility index (Phi) is 8.86. The molecule has 0 aliphatic carbocycles. The van der Waals surface area contributed by atoms with Gasteiger partial charge < -0.3 is 19.5 Å². The number of carbonyl (C=O) groups excluding carboxylic acids is 1. The van der Waals surface area contributed by atoms with Gasteiger partial charge in [0.2, 0.25) is 0 Å². The predicted octanol–water partition coefficient (Wildman–Crippen LogP) is 7.08. The lowest BCUT2D eigenvalue weighted by Crippen LogP contribution is -2.18. The van der Waals surface area contributed by atoms with Crippen molar-refractivity contribution >= 4 is 28.9 Å². The Labute approximate surface area is 235 Å². The third-order valence-corrected chi connectivity index (χ3v) is 6.78. The van der Waals surface area contributed by atoms with Crippen LogP contribution in [0.1, 0.15) is 27.8 Å². The van der Waals surface area contributed by atoms with E-state index in [0.717, 1.165) is 29.1 Å². The molecule has 0 bridgehead atoms. The minimum Gasteiger partial charge on any atom is -0.497 e. The van der Waals surface area contributed by atoms with Crippen molar-refractivity contribution < 1.29 is 45.3 Å². The lowest BCUT2D eigenvalue weighted by Gasteiger charge is -2.17. The van der Waals surface area contributed by atoms with E-state index in [1.54, 1.807) is 19.3 Å². The minimum atomic E-state index is -5.02. The topological polar surface area (TPSA) is 69.2 Å². The molecule has 0 spiro atoms. The summed E-state index contributed by atoms with van der Waals surface area (Å²) >= 11 is 1.14. The molecule has 0 saturated heterocycles. The van der Waals surface area contributed by atoms with E-state index in [0.29, 0.717) is 28.2 Å². The summed E-state index contributed by atoms with van der Waals surface area (Å²) in [6.45, 7) is -0.222. The minimum absolute atomic E-state index is 0.0592. The molecule has 1 amide bonds. The maximum Gasteiger partial charge on any atom is 0.416 e. The fraction of sp³-hybridized carbons (Fsp3) is 0.214. The van der Waals surface area contributed by atoms with Crippen molar-refractivity contribution in [3.8, 4) is 17.2 Å². The summed E-state index contributed by atoms with van der Waals surface area (Å²) in [5.41, 5.74) is -1.84. The van der Waals surface area contributed by atoms with Crippen LogP contribution >= 0.6 is 11.8 Å². The Bertz CT molecular complexity index is 1480. The van der Waals surface area contributed by atoms with Crippen LogP contribution in [0.25, 0.3) is 6.08 Å². The molecule has 1 aliphatic rings. The second-order valence-electron chi connectivity index (χ2n) is 8.60. The molecule has 0 atom stereocenters. The number of hydrogen-bond donors (Lipinski definition) is 1. The van der Waals surface area contributed by atoms with Crippen molar-refractivity contribution in [1.29, 1.82) is 0 Å². The van der Waals surface area contributed by atoms with Gasteiger partial charge in [0.25, 0.3) is 5.91 Å². The third kappa shape index (κ3) is 7.54. The van der Waals surface area contributed by atoms with Gasteiger partial charge in [0.15, 0.2) is 16.7 Å². The number of halogens is 6. The van der Waals surface area contributed by atoms with Gasteiger partial charge in [-0.3, -0.25) is 4.79 Å². The van der Waals surface area contributed by atoms with Crippen molar-refractivity contribution in [1.82, 2.24) is 5.32 Å². The molecular formula is C28H22F6N2O4S. The Morgan fingerprint density at radius 2 is 1.61 bits per heavy atom. The van der Waals surface area contributed by atoms with Crippen LogP contribution in [0.5, 0.6) is 17.2 Å². The summed E-state index contributed by atoms with van der Waals surface area (Å²) in [5, 5.41) is 3.51. The van der Waals surface area contributed by atoms with E-state index in [4.69, 9.17) is 14.2 Å². The SMILES string of the molecule is COc1ccc(CNC2=NC(=O)C(=Cc3ccc(OCc4ccc(C(F)(F)F)cc4C(F)(F)F)c(OC)c3)S2)cc1. The average molecular weight is 597 g/mol. The first-order valence-corrected chi connectivity index (χ1v) is 12.7. The van der Waals surface area contributed by atoms with Crippen LogP contribution in [0.15, 0.2) is 70.6 Å². The van der Waals surface area contributed by atoms with Gasteiger partial charge in [0, 0.05) is 12.1 Å². The van der Waals surface area contributed by atoms with Gasteiger partial charge in [0.05, 0.1) is 30.3 Å². The van der Waals surface area contributed by atoms with Crippen molar-refractivity contribution in [3.63, 3.8) is 0 Å². The lowest BCUT2D eigenvalue weighted by molar-refractivity contribution is -0.143. The third-order valence-electron chi connectivity index (χ3n) is 5.83. The van der Waals surface area contributed by atoms with Gasteiger partial charge in [-0.1, -0.05) is 24.3 Å². The quantitative estimate of drug-likeness (QED) is 0.222. The average Bonchev–Trinajstić information content (AvgIpc) is 3.28. The van der Waals surface area contributed by atoms with Crippen LogP contribution in [0.4, 0.5) is 26.3 Å². The number of rotatable bonds is 8. The zero-order chi connectivity index (χ0) is 29.8. The standard InChI is InChI=1S/C28H22F6N2O4S/c1-38-20-8-3-16(4-9-20)14-35-26-36-25(37)24(41-26)12-17-5-10-22(23(11-17)39-2)40-15-18-6-7-19(27(29,30)31)13-21(18)28(32,33)34/h3-13H,14-15H2,1-2H3,(H,35,36,37). The highest BCUT2D eigenvalue weighted by atomic mass is 32.2. The number of alkyl halides is 6. The second kappa shape index (κ2) is 12.2. The molecule has 41 heavy (non-hydrogen) atoms. The fourth-order valence-electron chi connectivity index (χ4n) is 3.75. The van der Waals surface area contributed by atoms with Crippen LogP contribution in [0.2, 0.25) is 0 Å². The number of hydrogen-bond acceptors (Lipinski definition) is 6. The van der Waals surface area contributed by atoms with Gasteiger partial charge in [-0.25, -0.2) is 0 Å². The maximum absolute atomic E-state index is 13.5. The van der Waals surface area contributed by atoms with E-state index in [1.807, 2.05) is 24.3 Å². The van der Waals surface area contributed by atoms with Crippen molar-refractivity contribution in [2.75, 3.05) is 14.2 Å². The van der Waals surface area contributed by atoms with Gasteiger partial charge in [-0.15, -0.1) is 0 Å². The van der Waals surface area contributed by atoms with Gasteiger partial charge in [0.1, 0.15) is 12.4 Å². The summed E-state index contributed by atoms with van der Waals surface area (Å²) in [6.07, 6.45) is -8.37. The molecule has 216 valence electrons. The number of nitrogens with zero attached hydrogens (tertiary/aromatic N) is 1. The molecule has 1 aliphatic heterocycles. The molecule has 0 aromatic heterocycles. The largest absolute Gasteiger partial charge is 0.497 e. The Morgan fingerprint density at radius 3 is 2.24 bits per heavy atom.